The van der Waals surface area contributed by atoms with Crippen molar-refractivity contribution < 1.29 is 15.0 Å². The third-order valence-corrected chi connectivity index (χ3v) is 14.3. The van der Waals surface area contributed by atoms with Gasteiger partial charge in [-0.25, -0.2) is 0 Å². The highest BCUT2D eigenvalue weighted by molar-refractivity contribution is 5.76. The van der Waals surface area contributed by atoms with Crippen LogP contribution in [-0.2, 0) is 4.79 Å². The van der Waals surface area contributed by atoms with Gasteiger partial charge in [0.1, 0.15) is 0 Å². The number of carbonyl (C=O) groups excluding carboxylic acids is 1. The minimum Gasteiger partial charge on any atom is -0.394 e. The molecule has 0 rings (SSSR count). The van der Waals surface area contributed by atoms with Crippen LogP contribution >= 0.6 is 0 Å². The molecule has 0 aliphatic heterocycles. The molecule has 0 radical (unpaired) electrons. The first-order chi connectivity index (χ1) is 36.7. The molecule has 2 unspecified atom stereocenters. The van der Waals surface area contributed by atoms with Gasteiger partial charge in [0.2, 0.25) is 5.91 Å². The number of unbranched alkanes of at least 4 members (excludes halogenated alkanes) is 33. The molecule has 0 heterocycles. The van der Waals surface area contributed by atoms with Crippen molar-refractivity contribution in [2.45, 2.75) is 321 Å². The molecule has 4 heteroatoms. The monoisotopic (exact) mass is 1030 g/mol. The number of aliphatic hydroxyl groups is 2. The van der Waals surface area contributed by atoms with Crippen LogP contribution < -0.4 is 5.32 Å². The fourth-order valence-electron chi connectivity index (χ4n) is 9.47. The van der Waals surface area contributed by atoms with Gasteiger partial charge in [-0.15, -0.1) is 0 Å². The fourth-order valence-corrected chi connectivity index (χ4v) is 9.47. The molecular formula is C70H123NO3. The summed E-state index contributed by atoms with van der Waals surface area (Å²) in [7, 11) is 0. The van der Waals surface area contributed by atoms with Crippen molar-refractivity contribution in [2.75, 3.05) is 6.61 Å². The summed E-state index contributed by atoms with van der Waals surface area (Å²) in [6.45, 7) is 4.26. The summed E-state index contributed by atoms with van der Waals surface area (Å²) in [5, 5.41) is 23.4. The summed E-state index contributed by atoms with van der Waals surface area (Å²) in [6.07, 6.45) is 96.7. The number of hydrogen-bond donors (Lipinski definition) is 3. The van der Waals surface area contributed by atoms with Gasteiger partial charge in [-0.05, 0) is 83.5 Å². The van der Waals surface area contributed by atoms with Gasteiger partial charge >= 0.3 is 0 Å². The van der Waals surface area contributed by atoms with Crippen molar-refractivity contribution in [3.63, 3.8) is 0 Å². The molecule has 1 amide bonds. The topological polar surface area (TPSA) is 69.6 Å². The molecule has 0 fully saturated rings. The predicted octanol–water partition coefficient (Wildman–Crippen LogP) is 21.8. The number of nitrogens with one attached hydrogen (secondary N) is 1. The number of hydrogen-bond acceptors (Lipinski definition) is 3. The molecule has 0 bridgehead atoms. The molecule has 0 aromatic carbocycles. The Morgan fingerprint density at radius 3 is 0.892 bits per heavy atom. The molecule has 0 saturated carbocycles. The van der Waals surface area contributed by atoms with E-state index >= 15 is 0 Å². The van der Waals surface area contributed by atoms with E-state index in [1.165, 1.54) is 186 Å². The van der Waals surface area contributed by atoms with Gasteiger partial charge in [0.05, 0.1) is 18.8 Å². The van der Waals surface area contributed by atoms with E-state index in [2.05, 4.69) is 129 Å². The first-order valence-electron chi connectivity index (χ1n) is 32.1. The highest BCUT2D eigenvalue weighted by Crippen LogP contribution is 2.18. The maximum absolute atomic E-state index is 12.5. The molecule has 0 spiro atoms. The molecule has 0 aliphatic carbocycles. The van der Waals surface area contributed by atoms with Gasteiger partial charge in [0, 0.05) is 6.42 Å². The zero-order valence-corrected chi connectivity index (χ0v) is 49.1. The van der Waals surface area contributed by atoms with E-state index in [1.54, 1.807) is 0 Å². The third-order valence-electron chi connectivity index (χ3n) is 14.3. The Bertz CT molecular complexity index is 1400. The Hall–Kier alpha value is -2.95. The van der Waals surface area contributed by atoms with Crippen molar-refractivity contribution in [2.24, 2.45) is 0 Å². The average molecular weight is 1030 g/mol. The van der Waals surface area contributed by atoms with Crippen LogP contribution in [0.1, 0.15) is 309 Å². The minimum absolute atomic E-state index is 0.0433. The third kappa shape index (κ3) is 59.9. The van der Waals surface area contributed by atoms with E-state index in [-0.39, 0.29) is 12.5 Å². The van der Waals surface area contributed by atoms with Crippen LogP contribution in [0.2, 0.25) is 0 Å². The van der Waals surface area contributed by atoms with E-state index < -0.39 is 12.1 Å². The van der Waals surface area contributed by atoms with Crippen LogP contribution in [-0.4, -0.2) is 34.9 Å². The molecule has 0 aromatic rings. The van der Waals surface area contributed by atoms with Crippen molar-refractivity contribution in [3.05, 3.63) is 109 Å². The Morgan fingerprint density at radius 2 is 0.595 bits per heavy atom. The fraction of sp³-hybridized carbons (Fsp3) is 0.729. The predicted molar refractivity (Wildman–Crippen MR) is 331 cm³/mol. The lowest BCUT2D eigenvalue weighted by atomic mass is 10.0. The van der Waals surface area contributed by atoms with Crippen LogP contribution in [0.5, 0.6) is 0 Å². The van der Waals surface area contributed by atoms with E-state index in [1.807, 2.05) is 0 Å². The summed E-state index contributed by atoms with van der Waals surface area (Å²) in [4.78, 5) is 12.5. The number of aliphatic hydroxyl groups excluding tert-OH is 2. The molecule has 0 saturated heterocycles. The van der Waals surface area contributed by atoms with Gasteiger partial charge in [0.15, 0.2) is 0 Å². The van der Waals surface area contributed by atoms with Crippen LogP contribution in [0.3, 0.4) is 0 Å². The van der Waals surface area contributed by atoms with Crippen LogP contribution in [0.4, 0.5) is 0 Å². The van der Waals surface area contributed by atoms with Crippen LogP contribution in [0, 0.1) is 0 Å². The van der Waals surface area contributed by atoms with Gasteiger partial charge in [-0.1, -0.05) is 329 Å². The maximum atomic E-state index is 12.5. The number of amides is 1. The normalized spacial score (nSPS) is 13.5. The summed E-state index contributed by atoms with van der Waals surface area (Å²) in [6, 6.07) is -0.552. The van der Waals surface area contributed by atoms with E-state index in [0.717, 1.165) is 96.3 Å². The van der Waals surface area contributed by atoms with E-state index in [0.29, 0.717) is 12.8 Å². The molecule has 0 aliphatic rings. The van der Waals surface area contributed by atoms with Crippen molar-refractivity contribution in [1.82, 2.24) is 5.32 Å². The number of carbonyl (C=O) groups is 1. The van der Waals surface area contributed by atoms with Gasteiger partial charge in [0.25, 0.3) is 0 Å². The van der Waals surface area contributed by atoms with Gasteiger partial charge < -0.3 is 15.5 Å². The highest BCUT2D eigenvalue weighted by atomic mass is 16.3. The SMILES string of the molecule is CC/C=C\C/C=C\C/C=C\C/C=C\C/C=C\C/C=C\C/C=C\C/C=C\C/C=C\CCCCCCCCCC(=O)NC(CO)C(O)CCCCCCCCCCCCCCCCCCCCCCCCCCCCC. The zero-order valence-electron chi connectivity index (χ0n) is 49.1. The lowest BCUT2D eigenvalue weighted by Gasteiger charge is -2.22. The second-order valence-electron chi connectivity index (χ2n) is 21.5. The molecule has 3 N–H and O–H groups in total. The molecule has 4 nitrogen and oxygen atoms in total. The standard InChI is InChI=1S/C70H123NO3/c1-3-5-7-9-11-13-15-17-19-21-23-25-27-29-31-32-33-34-35-36-37-38-40-42-44-46-48-50-52-54-56-58-60-62-64-66-70(74)71-68(67-72)69(73)65-63-61-59-57-55-53-51-49-47-45-43-41-39-30-28-26-24-22-20-18-16-14-12-10-8-6-4-2/h5,7,11,13,17,19,23,25,29,31,33-34,36-37,40,42,46,48,68-69,72-73H,3-4,6,8-10,12,14-16,18,20-22,24,26-28,30,32,35,38-39,41,43-45,47,49-67H2,1-2H3,(H,71,74)/b7-5-,13-11-,19-17-,25-23-,31-29-,34-33-,37-36-,42-40-,48-46-. The molecule has 0 aromatic heterocycles. The summed E-state index contributed by atoms with van der Waals surface area (Å²) < 4.78 is 0. The number of allylic oxidation sites excluding steroid dienone is 18. The number of rotatable bonds is 58. The Kier molecular flexibility index (Phi) is 61.8. The minimum atomic E-state index is -0.674. The van der Waals surface area contributed by atoms with Crippen LogP contribution in [0.15, 0.2) is 109 Å². The second kappa shape index (κ2) is 64.3. The van der Waals surface area contributed by atoms with E-state index in [9.17, 15) is 15.0 Å². The Balaban J connectivity index is 3.55. The van der Waals surface area contributed by atoms with Crippen molar-refractivity contribution >= 4 is 5.91 Å². The Morgan fingerprint density at radius 1 is 0.338 bits per heavy atom. The quantitative estimate of drug-likeness (QED) is 0.0420. The van der Waals surface area contributed by atoms with Crippen molar-refractivity contribution in [1.29, 1.82) is 0 Å². The first kappa shape index (κ1) is 71.0. The summed E-state index contributed by atoms with van der Waals surface area (Å²) in [5.41, 5.74) is 0. The molecule has 74 heavy (non-hydrogen) atoms. The van der Waals surface area contributed by atoms with Gasteiger partial charge in [-0.3, -0.25) is 4.79 Å². The Labute approximate surface area is 461 Å². The second-order valence-corrected chi connectivity index (χ2v) is 21.5. The molecular weight excluding hydrogens is 903 g/mol. The smallest absolute Gasteiger partial charge is 0.220 e. The lowest BCUT2D eigenvalue weighted by Crippen LogP contribution is -2.45. The highest BCUT2D eigenvalue weighted by Gasteiger charge is 2.20. The van der Waals surface area contributed by atoms with Crippen LogP contribution in [0.25, 0.3) is 0 Å². The average Bonchev–Trinajstić information content (AvgIpc) is 3.40. The summed E-state index contributed by atoms with van der Waals surface area (Å²) >= 11 is 0. The van der Waals surface area contributed by atoms with Gasteiger partial charge in [-0.2, -0.15) is 0 Å². The molecule has 2 atom stereocenters. The molecule has 426 valence electrons. The summed E-state index contributed by atoms with van der Waals surface area (Å²) in [5.74, 6) is -0.0433. The lowest BCUT2D eigenvalue weighted by molar-refractivity contribution is -0.123. The zero-order chi connectivity index (χ0) is 53.4. The van der Waals surface area contributed by atoms with E-state index in [4.69, 9.17) is 0 Å². The first-order valence-corrected chi connectivity index (χ1v) is 32.1. The maximum Gasteiger partial charge on any atom is 0.220 e. The van der Waals surface area contributed by atoms with Crippen molar-refractivity contribution in [3.8, 4) is 0 Å². The largest absolute Gasteiger partial charge is 0.394 e.